The van der Waals surface area contributed by atoms with E-state index < -0.39 is 5.97 Å². The minimum absolute atomic E-state index is 0.0561. The Balaban J connectivity index is 2.32. The molecule has 2 N–H and O–H groups in total. The first-order chi connectivity index (χ1) is 9.43. The van der Waals surface area contributed by atoms with Gasteiger partial charge in [-0.1, -0.05) is 27.2 Å². The summed E-state index contributed by atoms with van der Waals surface area (Å²) in [6.45, 7) is 6.86. The molecule has 1 unspecified atom stereocenters. The fourth-order valence-electron chi connectivity index (χ4n) is 1.99. The molecule has 0 fully saturated rings. The van der Waals surface area contributed by atoms with Crippen molar-refractivity contribution < 1.29 is 14.7 Å². The minimum atomic E-state index is -1.01. The third-order valence-corrected chi connectivity index (χ3v) is 4.26. The maximum Gasteiger partial charge on any atom is 0.355 e. The number of rotatable bonds is 8. The van der Waals surface area contributed by atoms with Gasteiger partial charge in [-0.15, -0.1) is 11.3 Å². The molecule has 1 atom stereocenters. The quantitative estimate of drug-likeness (QED) is 0.773. The van der Waals surface area contributed by atoms with E-state index in [1.54, 1.807) is 0 Å². The first-order valence-electron chi connectivity index (χ1n) is 6.88. The summed E-state index contributed by atoms with van der Waals surface area (Å²) in [6.07, 6.45) is 2.12. The zero-order chi connectivity index (χ0) is 15.1. The second-order valence-electron chi connectivity index (χ2n) is 5.15. The number of nitrogens with one attached hydrogen (secondary N) is 1. The van der Waals surface area contributed by atoms with Crippen molar-refractivity contribution in [3.05, 3.63) is 16.1 Å². The first-order valence-corrected chi connectivity index (χ1v) is 7.76. The first kappa shape index (κ1) is 16.6. The van der Waals surface area contributed by atoms with Crippen LogP contribution in [0.4, 0.5) is 0 Å². The highest BCUT2D eigenvalue weighted by Gasteiger charge is 2.15. The predicted molar refractivity (Wildman–Crippen MR) is 79.0 cm³/mol. The number of aromatic carboxylic acids is 1. The fourth-order valence-corrected chi connectivity index (χ4v) is 2.77. The van der Waals surface area contributed by atoms with Gasteiger partial charge in [-0.3, -0.25) is 4.79 Å². The number of carbonyl (C=O) groups excluding carboxylic acids is 1. The number of aromatic nitrogens is 1. The maximum absolute atomic E-state index is 11.8. The van der Waals surface area contributed by atoms with Gasteiger partial charge in [-0.25, -0.2) is 9.78 Å². The highest BCUT2D eigenvalue weighted by atomic mass is 32.1. The van der Waals surface area contributed by atoms with E-state index in [1.807, 2.05) is 0 Å². The van der Waals surface area contributed by atoms with E-state index in [0.29, 0.717) is 31.2 Å². The van der Waals surface area contributed by atoms with Crippen LogP contribution < -0.4 is 5.32 Å². The van der Waals surface area contributed by atoms with Crippen LogP contribution in [0.1, 0.15) is 49.1 Å². The van der Waals surface area contributed by atoms with E-state index in [1.165, 1.54) is 16.7 Å². The van der Waals surface area contributed by atoms with Crippen LogP contribution in [0.25, 0.3) is 0 Å². The number of carbonyl (C=O) groups is 2. The zero-order valence-corrected chi connectivity index (χ0v) is 13.0. The topological polar surface area (TPSA) is 79.3 Å². The van der Waals surface area contributed by atoms with Gasteiger partial charge in [0.1, 0.15) is 0 Å². The molecule has 5 nitrogen and oxygen atoms in total. The van der Waals surface area contributed by atoms with E-state index in [4.69, 9.17) is 5.11 Å². The van der Waals surface area contributed by atoms with Crippen molar-refractivity contribution in [3.8, 4) is 0 Å². The molecule has 1 heterocycles. The van der Waals surface area contributed by atoms with Gasteiger partial charge in [-0.2, -0.15) is 0 Å². The van der Waals surface area contributed by atoms with Crippen LogP contribution >= 0.6 is 11.3 Å². The van der Waals surface area contributed by atoms with E-state index >= 15 is 0 Å². The fraction of sp³-hybridized carbons (Fsp3) is 0.643. The minimum Gasteiger partial charge on any atom is -0.476 e. The lowest BCUT2D eigenvalue weighted by Gasteiger charge is -2.18. The number of thiazole rings is 1. The van der Waals surface area contributed by atoms with Crippen molar-refractivity contribution in [2.24, 2.45) is 11.8 Å². The van der Waals surface area contributed by atoms with Crippen molar-refractivity contribution in [1.29, 1.82) is 0 Å². The Morgan fingerprint density at radius 2 is 2.15 bits per heavy atom. The Hall–Kier alpha value is -1.43. The molecule has 1 amide bonds. The van der Waals surface area contributed by atoms with E-state index in [0.717, 1.165) is 11.4 Å². The van der Waals surface area contributed by atoms with Crippen LogP contribution in [0.2, 0.25) is 0 Å². The van der Waals surface area contributed by atoms with Crippen LogP contribution in [0.5, 0.6) is 0 Å². The molecule has 6 heteroatoms. The van der Waals surface area contributed by atoms with Gasteiger partial charge in [0.15, 0.2) is 5.69 Å². The van der Waals surface area contributed by atoms with Crippen LogP contribution in [0.3, 0.4) is 0 Å². The van der Waals surface area contributed by atoms with E-state index in [-0.39, 0.29) is 11.6 Å². The Bertz CT molecular complexity index is 457. The van der Waals surface area contributed by atoms with Crippen molar-refractivity contribution in [2.45, 2.75) is 40.0 Å². The third-order valence-electron chi connectivity index (χ3n) is 3.35. The normalized spacial score (nSPS) is 12.4. The standard InChI is InChI=1S/C14H22N2O3S/c1-4-10(9(2)3)7-12(17)15-6-5-13-16-11(8-20-13)14(18)19/h8-10H,4-7H2,1-3H3,(H,15,17)(H,18,19). The van der Waals surface area contributed by atoms with Crippen LogP contribution in [-0.4, -0.2) is 28.5 Å². The van der Waals surface area contributed by atoms with Crippen LogP contribution in [0, 0.1) is 11.8 Å². The third kappa shape index (κ3) is 5.28. The molecule has 20 heavy (non-hydrogen) atoms. The van der Waals surface area contributed by atoms with Gasteiger partial charge >= 0.3 is 5.97 Å². The average molecular weight is 298 g/mol. The Labute approximate surface area is 123 Å². The molecule has 0 spiro atoms. The summed E-state index contributed by atoms with van der Waals surface area (Å²) in [4.78, 5) is 26.5. The largest absolute Gasteiger partial charge is 0.476 e. The molecule has 1 aromatic rings. The summed E-state index contributed by atoms with van der Waals surface area (Å²) in [7, 11) is 0. The molecule has 0 radical (unpaired) electrons. The molecule has 0 aromatic carbocycles. The molecule has 0 saturated carbocycles. The zero-order valence-electron chi connectivity index (χ0n) is 12.2. The molecule has 112 valence electrons. The number of hydrogen-bond acceptors (Lipinski definition) is 4. The number of amides is 1. The van der Waals surface area contributed by atoms with Crippen molar-refractivity contribution in [3.63, 3.8) is 0 Å². The Morgan fingerprint density at radius 1 is 1.45 bits per heavy atom. The second-order valence-corrected chi connectivity index (χ2v) is 6.09. The summed E-state index contributed by atoms with van der Waals surface area (Å²) in [5, 5.41) is 13.9. The molecule has 0 aliphatic carbocycles. The number of carboxylic acid groups (broad SMARTS) is 1. The SMILES string of the molecule is CCC(CC(=O)NCCc1nc(C(=O)O)cs1)C(C)C. The van der Waals surface area contributed by atoms with Gasteiger partial charge < -0.3 is 10.4 Å². The lowest BCUT2D eigenvalue weighted by molar-refractivity contribution is -0.122. The predicted octanol–water partition coefficient (Wildman–Crippen LogP) is 2.57. The second kappa shape index (κ2) is 7.99. The van der Waals surface area contributed by atoms with Gasteiger partial charge in [0, 0.05) is 24.8 Å². The van der Waals surface area contributed by atoms with Gasteiger partial charge in [0.25, 0.3) is 0 Å². The van der Waals surface area contributed by atoms with Crippen LogP contribution in [-0.2, 0) is 11.2 Å². The number of carboxylic acids is 1. The van der Waals surface area contributed by atoms with Gasteiger partial charge in [0.05, 0.1) is 5.01 Å². The molecule has 0 bridgehead atoms. The highest BCUT2D eigenvalue weighted by Crippen LogP contribution is 2.18. The maximum atomic E-state index is 11.8. The van der Waals surface area contributed by atoms with Gasteiger partial charge in [0.2, 0.25) is 5.91 Å². The Morgan fingerprint density at radius 3 is 2.65 bits per heavy atom. The number of hydrogen-bond donors (Lipinski definition) is 2. The summed E-state index contributed by atoms with van der Waals surface area (Å²) in [5.41, 5.74) is 0.0715. The number of nitrogens with zero attached hydrogens (tertiary/aromatic N) is 1. The smallest absolute Gasteiger partial charge is 0.355 e. The molecular formula is C14H22N2O3S. The average Bonchev–Trinajstić information content (AvgIpc) is 2.84. The molecule has 1 aromatic heterocycles. The summed E-state index contributed by atoms with van der Waals surface area (Å²) >= 11 is 1.31. The molecule has 0 saturated heterocycles. The van der Waals surface area contributed by atoms with E-state index in [9.17, 15) is 9.59 Å². The van der Waals surface area contributed by atoms with Crippen LogP contribution in [0.15, 0.2) is 5.38 Å². The summed E-state index contributed by atoms with van der Waals surface area (Å²) < 4.78 is 0. The molecule has 0 aliphatic heterocycles. The monoisotopic (exact) mass is 298 g/mol. The molecule has 0 aliphatic rings. The molecule has 1 rings (SSSR count). The lowest BCUT2D eigenvalue weighted by atomic mass is 9.90. The molecular weight excluding hydrogens is 276 g/mol. The van der Waals surface area contributed by atoms with E-state index in [2.05, 4.69) is 31.1 Å². The highest BCUT2D eigenvalue weighted by molar-refractivity contribution is 7.09. The van der Waals surface area contributed by atoms with Crippen molar-refractivity contribution in [2.75, 3.05) is 6.54 Å². The summed E-state index contributed by atoms with van der Waals surface area (Å²) in [6, 6.07) is 0. The Kier molecular flexibility index (Phi) is 6.64. The van der Waals surface area contributed by atoms with Gasteiger partial charge in [-0.05, 0) is 11.8 Å². The van der Waals surface area contributed by atoms with Crippen molar-refractivity contribution in [1.82, 2.24) is 10.3 Å². The summed E-state index contributed by atoms with van der Waals surface area (Å²) in [5.74, 6) is -0.0452. The van der Waals surface area contributed by atoms with Crippen molar-refractivity contribution >= 4 is 23.2 Å². The lowest BCUT2D eigenvalue weighted by Crippen LogP contribution is -2.28.